The van der Waals surface area contributed by atoms with E-state index < -0.39 is 0 Å². The van der Waals surface area contributed by atoms with E-state index >= 15 is 0 Å². The van der Waals surface area contributed by atoms with Crippen LogP contribution in [0.5, 0.6) is 0 Å². The van der Waals surface area contributed by atoms with E-state index in [2.05, 4.69) is 34.6 Å². The highest BCUT2D eigenvalue weighted by Crippen LogP contribution is 2.31. The number of piperazine rings is 1. The number of amides is 1. The van der Waals surface area contributed by atoms with Gasteiger partial charge in [0.2, 0.25) is 0 Å². The normalized spacial score (nSPS) is 14.8. The average molecular weight is 465 g/mol. The minimum atomic E-state index is -0.357. The van der Waals surface area contributed by atoms with Gasteiger partial charge in [0.15, 0.2) is 5.65 Å². The van der Waals surface area contributed by atoms with Gasteiger partial charge in [-0.25, -0.2) is 9.67 Å². The monoisotopic (exact) mass is 464 g/mol. The van der Waals surface area contributed by atoms with Crippen LogP contribution in [-0.2, 0) is 5.54 Å². The number of nitro groups is 1. The molecule has 3 aromatic rings. The summed E-state index contributed by atoms with van der Waals surface area (Å²) in [5, 5.41) is 17.0. The van der Waals surface area contributed by atoms with Crippen molar-refractivity contribution in [3.63, 3.8) is 0 Å². The predicted octanol–water partition coefficient (Wildman–Crippen LogP) is 4.49. The summed E-state index contributed by atoms with van der Waals surface area (Å²) in [6, 6.07) is 8.66. The van der Waals surface area contributed by atoms with Gasteiger partial charge in [0.25, 0.3) is 11.6 Å². The van der Waals surface area contributed by atoms with Crippen molar-refractivity contribution in [3.05, 3.63) is 57.4 Å². The van der Waals surface area contributed by atoms with E-state index in [1.54, 1.807) is 18.2 Å². The molecule has 1 aliphatic rings. The number of benzene rings is 1. The van der Waals surface area contributed by atoms with E-state index in [-0.39, 0.29) is 28.0 Å². The highest BCUT2D eigenvalue weighted by Gasteiger charge is 2.30. The SMILES string of the molecule is Cc1nn(C(C)(C)C)c2nc(C(C)C)cc(C(=O)N3CCN(c4ccccc4[N+](=O)[O-])CC3)c12. The Hall–Kier alpha value is -3.49. The van der Waals surface area contributed by atoms with E-state index in [4.69, 9.17) is 10.1 Å². The largest absolute Gasteiger partial charge is 0.362 e. The minimum absolute atomic E-state index is 0.0481. The molecule has 0 atom stereocenters. The number of rotatable bonds is 4. The van der Waals surface area contributed by atoms with E-state index in [0.717, 1.165) is 22.4 Å². The Balaban J connectivity index is 1.67. The second kappa shape index (κ2) is 8.70. The number of hydrogen-bond donors (Lipinski definition) is 0. The number of fused-ring (bicyclic) bond motifs is 1. The number of nitrogens with zero attached hydrogens (tertiary/aromatic N) is 6. The molecule has 0 saturated carbocycles. The molecule has 1 saturated heterocycles. The lowest BCUT2D eigenvalue weighted by atomic mass is 10.0. The summed E-state index contributed by atoms with van der Waals surface area (Å²) < 4.78 is 1.91. The molecule has 9 heteroatoms. The molecule has 1 aliphatic heterocycles. The zero-order valence-corrected chi connectivity index (χ0v) is 20.7. The van der Waals surface area contributed by atoms with Crippen molar-refractivity contribution in [3.8, 4) is 0 Å². The van der Waals surface area contributed by atoms with Gasteiger partial charge in [-0.15, -0.1) is 0 Å². The number of nitro benzene ring substituents is 1. The van der Waals surface area contributed by atoms with Crippen LogP contribution in [0.1, 0.15) is 62.3 Å². The highest BCUT2D eigenvalue weighted by molar-refractivity contribution is 6.06. The van der Waals surface area contributed by atoms with Crippen LogP contribution in [0.25, 0.3) is 11.0 Å². The first-order valence-electron chi connectivity index (χ1n) is 11.7. The van der Waals surface area contributed by atoms with Crippen molar-refractivity contribution in [1.29, 1.82) is 0 Å². The summed E-state index contributed by atoms with van der Waals surface area (Å²) in [5.41, 5.74) is 3.42. The van der Waals surface area contributed by atoms with Gasteiger partial charge in [-0.05, 0) is 45.7 Å². The van der Waals surface area contributed by atoms with Crippen LogP contribution in [0, 0.1) is 17.0 Å². The number of aromatic nitrogens is 3. The Bertz CT molecular complexity index is 1250. The molecule has 34 heavy (non-hydrogen) atoms. The number of hydrogen-bond acceptors (Lipinski definition) is 6. The third kappa shape index (κ3) is 4.22. The molecule has 0 radical (unpaired) electrons. The van der Waals surface area contributed by atoms with Crippen LogP contribution < -0.4 is 4.90 Å². The molecule has 0 unspecified atom stereocenters. The second-order valence-corrected chi connectivity index (χ2v) is 10.1. The molecule has 4 rings (SSSR count). The van der Waals surface area contributed by atoms with Crippen molar-refractivity contribution < 1.29 is 9.72 Å². The van der Waals surface area contributed by atoms with E-state index in [9.17, 15) is 14.9 Å². The predicted molar refractivity (Wildman–Crippen MR) is 133 cm³/mol. The summed E-state index contributed by atoms with van der Waals surface area (Å²) in [6.07, 6.45) is 0. The lowest BCUT2D eigenvalue weighted by Gasteiger charge is -2.36. The van der Waals surface area contributed by atoms with E-state index in [1.807, 2.05) is 27.5 Å². The van der Waals surface area contributed by atoms with Crippen LogP contribution in [0.2, 0.25) is 0 Å². The van der Waals surface area contributed by atoms with Crippen molar-refractivity contribution in [2.45, 2.75) is 53.0 Å². The molecule has 1 fully saturated rings. The Morgan fingerprint density at radius 2 is 1.76 bits per heavy atom. The third-order valence-corrected chi connectivity index (χ3v) is 6.28. The van der Waals surface area contributed by atoms with Gasteiger partial charge in [0.05, 0.1) is 27.1 Å². The highest BCUT2D eigenvalue weighted by atomic mass is 16.6. The maximum absolute atomic E-state index is 13.8. The number of anilines is 1. The van der Waals surface area contributed by atoms with Crippen molar-refractivity contribution >= 4 is 28.3 Å². The van der Waals surface area contributed by atoms with Gasteiger partial charge in [0, 0.05) is 37.9 Å². The molecule has 9 nitrogen and oxygen atoms in total. The fourth-order valence-corrected chi connectivity index (χ4v) is 4.45. The van der Waals surface area contributed by atoms with Crippen LogP contribution in [0.4, 0.5) is 11.4 Å². The van der Waals surface area contributed by atoms with Crippen LogP contribution in [-0.4, -0.2) is 56.7 Å². The van der Waals surface area contributed by atoms with Crippen molar-refractivity contribution in [2.24, 2.45) is 0 Å². The van der Waals surface area contributed by atoms with Crippen LogP contribution in [0.3, 0.4) is 0 Å². The maximum Gasteiger partial charge on any atom is 0.292 e. The first-order chi connectivity index (χ1) is 16.0. The molecule has 0 N–H and O–H groups in total. The third-order valence-electron chi connectivity index (χ3n) is 6.28. The Labute approximate surface area is 199 Å². The summed E-state index contributed by atoms with van der Waals surface area (Å²) in [6.45, 7) is 14.3. The summed E-state index contributed by atoms with van der Waals surface area (Å²) in [5.74, 6) is 0.114. The fourth-order valence-electron chi connectivity index (χ4n) is 4.45. The first kappa shape index (κ1) is 23.7. The average Bonchev–Trinajstić information content (AvgIpc) is 3.15. The lowest BCUT2D eigenvalue weighted by Crippen LogP contribution is -2.49. The fraction of sp³-hybridized carbons (Fsp3) is 0.480. The Kier molecular flexibility index (Phi) is 6.05. The number of aryl methyl sites for hydroxylation is 1. The number of carbonyl (C=O) groups excluding carboxylic acids is 1. The van der Waals surface area contributed by atoms with Gasteiger partial charge in [-0.1, -0.05) is 26.0 Å². The van der Waals surface area contributed by atoms with Gasteiger partial charge in [-0.2, -0.15) is 5.10 Å². The summed E-state index contributed by atoms with van der Waals surface area (Å²) in [7, 11) is 0. The molecule has 0 bridgehead atoms. The Morgan fingerprint density at radius 1 is 1.12 bits per heavy atom. The molecule has 1 amide bonds. The summed E-state index contributed by atoms with van der Waals surface area (Å²) in [4.78, 5) is 33.5. The smallest absolute Gasteiger partial charge is 0.292 e. The van der Waals surface area contributed by atoms with E-state index in [1.165, 1.54) is 6.07 Å². The molecular weight excluding hydrogens is 432 g/mol. The number of carbonyl (C=O) groups is 1. The zero-order chi connectivity index (χ0) is 24.8. The molecule has 0 spiro atoms. The minimum Gasteiger partial charge on any atom is -0.362 e. The topological polar surface area (TPSA) is 97.4 Å². The standard InChI is InChI=1S/C25H32N6O3/c1-16(2)19-15-18(22-17(3)27-30(23(22)26-19)25(4,5)6)24(32)29-13-11-28(12-14-29)20-9-7-8-10-21(20)31(33)34/h7-10,15-16H,11-14H2,1-6H3. The maximum atomic E-state index is 13.8. The van der Waals surface area contributed by atoms with E-state index in [0.29, 0.717) is 37.4 Å². The van der Waals surface area contributed by atoms with Gasteiger partial charge in [0.1, 0.15) is 5.69 Å². The summed E-state index contributed by atoms with van der Waals surface area (Å²) >= 11 is 0. The van der Waals surface area contributed by atoms with Crippen molar-refractivity contribution in [1.82, 2.24) is 19.7 Å². The Morgan fingerprint density at radius 3 is 2.35 bits per heavy atom. The van der Waals surface area contributed by atoms with Gasteiger partial charge >= 0.3 is 0 Å². The first-order valence-corrected chi connectivity index (χ1v) is 11.7. The zero-order valence-electron chi connectivity index (χ0n) is 20.7. The van der Waals surface area contributed by atoms with Crippen molar-refractivity contribution in [2.75, 3.05) is 31.1 Å². The van der Waals surface area contributed by atoms with Crippen LogP contribution >= 0.6 is 0 Å². The molecule has 0 aliphatic carbocycles. The number of para-hydroxylation sites is 2. The quantitative estimate of drug-likeness (QED) is 0.417. The van der Waals surface area contributed by atoms with Gasteiger partial charge < -0.3 is 9.80 Å². The molecule has 2 aromatic heterocycles. The molecule has 3 heterocycles. The lowest BCUT2D eigenvalue weighted by molar-refractivity contribution is -0.384. The van der Waals surface area contributed by atoms with Gasteiger partial charge in [-0.3, -0.25) is 14.9 Å². The molecule has 180 valence electrons. The van der Waals surface area contributed by atoms with Crippen LogP contribution in [0.15, 0.2) is 30.3 Å². The second-order valence-electron chi connectivity index (χ2n) is 10.1. The number of pyridine rings is 1. The molecule has 1 aromatic carbocycles. The molecular formula is C25H32N6O3.